The fourth-order valence-corrected chi connectivity index (χ4v) is 3.80. The second kappa shape index (κ2) is 12.7. The molecule has 0 aliphatic carbocycles. The molecule has 0 spiro atoms. The molecule has 198 valence electrons. The van der Waals surface area contributed by atoms with Crippen LogP contribution in [0, 0.1) is 0 Å². The zero-order valence-electron chi connectivity index (χ0n) is 20.7. The highest BCUT2D eigenvalue weighted by Gasteiger charge is 2.24. The lowest BCUT2D eigenvalue weighted by atomic mass is 9.98. The molecule has 0 aromatic heterocycles. The van der Waals surface area contributed by atoms with E-state index in [1.165, 1.54) is 17.0 Å². The quantitative estimate of drug-likeness (QED) is 0.259. The minimum Gasteiger partial charge on any atom is -0.494 e. The summed E-state index contributed by atoms with van der Waals surface area (Å²) < 4.78 is 11.4. The highest BCUT2D eigenvalue weighted by Crippen LogP contribution is 2.32. The third kappa shape index (κ3) is 6.94. The van der Waals surface area contributed by atoms with Gasteiger partial charge in [-0.05, 0) is 44.0 Å². The second-order valence-corrected chi connectivity index (χ2v) is 8.26. The molecule has 2 unspecified atom stereocenters. The highest BCUT2D eigenvalue weighted by molar-refractivity contribution is 5.96. The minimum absolute atomic E-state index is 0.0394. The van der Waals surface area contributed by atoms with Crippen LogP contribution in [0.25, 0.3) is 11.4 Å². The number of amides is 1. The fraction of sp³-hybridized carbons (Fsp3) is 0.400. The van der Waals surface area contributed by atoms with E-state index >= 15 is 0 Å². The van der Waals surface area contributed by atoms with Crippen LogP contribution in [0.2, 0.25) is 0 Å². The number of hydrogen-bond donors (Lipinski definition) is 4. The van der Waals surface area contributed by atoms with Crippen LogP contribution in [0.5, 0.6) is 5.88 Å². The lowest BCUT2D eigenvalue weighted by Gasteiger charge is -2.19. The number of nitrogens with one attached hydrogen (secondary N) is 1. The molecule has 0 radical (unpaired) electrons. The van der Waals surface area contributed by atoms with Crippen LogP contribution in [0.15, 0.2) is 36.7 Å². The zero-order chi connectivity index (χ0) is 26.9. The van der Waals surface area contributed by atoms with Crippen molar-refractivity contribution in [2.24, 2.45) is 0 Å². The normalized spacial score (nSPS) is 12.6. The number of anilines is 1. The number of aliphatic hydroxyl groups is 1. The van der Waals surface area contributed by atoms with Gasteiger partial charge in [-0.1, -0.05) is 12.1 Å². The number of carbonyl (C=O) groups is 3. The van der Waals surface area contributed by atoms with E-state index in [-0.39, 0.29) is 56.5 Å². The maximum absolute atomic E-state index is 12.8. The molecule has 0 bridgehead atoms. The summed E-state index contributed by atoms with van der Waals surface area (Å²) in [6.07, 6.45) is 1.41. The minimum atomic E-state index is -1.01. The van der Waals surface area contributed by atoms with Gasteiger partial charge >= 0.3 is 11.9 Å². The Labute approximate surface area is 213 Å². The topological polar surface area (TPSA) is 179 Å². The molecule has 2 atom stereocenters. The summed E-state index contributed by atoms with van der Waals surface area (Å²) in [5, 5.41) is 23.2. The van der Waals surface area contributed by atoms with Gasteiger partial charge < -0.3 is 35.3 Å². The summed E-state index contributed by atoms with van der Waals surface area (Å²) >= 11 is 0. The number of nitrogen functional groups attached to an aromatic ring is 1. The number of ether oxygens (including phenoxy) is 2. The summed E-state index contributed by atoms with van der Waals surface area (Å²) in [5.74, 6) is -1.54. The first kappa shape index (κ1) is 27.4. The van der Waals surface area contributed by atoms with E-state index in [9.17, 15) is 24.6 Å². The molecular formula is C25H31N5O7. The van der Waals surface area contributed by atoms with Gasteiger partial charge in [0.25, 0.3) is 5.91 Å². The Hall–Kier alpha value is -4.19. The lowest BCUT2D eigenvalue weighted by Crippen LogP contribution is -2.42. The summed E-state index contributed by atoms with van der Waals surface area (Å²) in [6.45, 7) is 3.67. The number of benzene rings is 1. The third-order valence-corrected chi connectivity index (χ3v) is 5.70. The Balaban J connectivity index is 1.70. The number of nitrogens with zero attached hydrogens (tertiary/aromatic N) is 3. The smallest absolute Gasteiger partial charge is 0.328 e. The van der Waals surface area contributed by atoms with Gasteiger partial charge in [-0.3, -0.25) is 9.59 Å². The molecule has 2 aliphatic rings. The van der Waals surface area contributed by atoms with Crippen LogP contribution in [0.3, 0.4) is 0 Å². The van der Waals surface area contributed by atoms with E-state index in [0.717, 1.165) is 5.56 Å². The predicted octanol–water partition coefficient (Wildman–Crippen LogP) is 1.45. The number of aliphatic hydroxyl groups excluding tert-OH is 1. The molecule has 0 saturated heterocycles. The van der Waals surface area contributed by atoms with Crippen LogP contribution in [0.1, 0.15) is 48.5 Å². The van der Waals surface area contributed by atoms with Gasteiger partial charge in [0.05, 0.1) is 31.7 Å². The number of carbonyl (C=O) groups excluding carboxylic acids is 3. The van der Waals surface area contributed by atoms with E-state index in [2.05, 4.69) is 15.3 Å². The first-order valence-corrected chi connectivity index (χ1v) is 11.9. The Kier molecular flexibility index (Phi) is 9.39. The van der Waals surface area contributed by atoms with Crippen molar-refractivity contribution in [3.8, 4) is 17.3 Å². The van der Waals surface area contributed by atoms with Crippen molar-refractivity contribution >= 4 is 23.7 Å². The first-order valence-electron chi connectivity index (χ1n) is 11.9. The Morgan fingerprint density at radius 3 is 2.49 bits per heavy atom. The average molecular weight is 514 g/mol. The molecule has 5 N–H and O–H groups in total. The number of fused-ring (bicyclic) bond motifs is 1. The van der Waals surface area contributed by atoms with Gasteiger partial charge in [0.2, 0.25) is 5.88 Å². The van der Waals surface area contributed by atoms with Crippen molar-refractivity contribution in [2.75, 3.05) is 25.6 Å². The van der Waals surface area contributed by atoms with Crippen molar-refractivity contribution in [1.29, 1.82) is 0 Å². The van der Waals surface area contributed by atoms with E-state index in [0.29, 0.717) is 11.4 Å². The Bertz CT molecular complexity index is 1190. The fourth-order valence-electron chi connectivity index (χ4n) is 3.80. The molecule has 0 fully saturated rings. The van der Waals surface area contributed by atoms with E-state index < -0.39 is 29.8 Å². The zero-order valence-corrected chi connectivity index (χ0v) is 20.7. The third-order valence-electron chi connectivity index (χ3n) is 5.70. The van der Waals surface area contributed by atoms with E-state index in [4.69, 9.17) is 15.2 Å². The Morgan fingerprint density at radius 1 is 1.14 bits per heavy atom. The van der Waals surface area contributed by atoms with Crippen molar-refractivity contribution in [3.63, 3.8) is 0 Å². The Morgan fingerprint density at radius 2 is 1.84 bits per heavy atom. The molecule has 2 aliphatic heterocycles. The van der Waals surface area contributed by atoms with Gasteiger partial charge in [0.1, 0.15) is 11.9 Å². The van der Waals surface area contributed by atoms with Gasteiger partial charge in [0, 0.05) is 24.4 Å². The van der Waals surface area contributed by atoms with Crippen LogP contribution in [-0.2, 0) is 25.6 Å². The molecule has 3 rings (SSSR count). The van der Waals surface area contributed by atoms with Gasteiger partial charge in [0.15, 0.2) is 5.82 Å². The molecule has 37 heavy (non-hydrogen) atoms. The average Bonchev–Trinajstić information content (AvgIpc) is 3.27. The van der Waals surface area contributed by atoms with E-state index in [1.54, 1.807) is 38.1 Å². The first-order chi connectivity index (χ1) is 17.8. The standard InChI is InChI=1S/C25H31N5O7/c1-3-36-21(32)10-9-19(25(35)37-4-2)28-23(33)16-7-5-15(6-8-16)17(13-31)12-30-14-27-22-18(24(30)34)11-20(26)29-22/h5-8,11,14,17,19,31,34H,3-4,9-10,12-13,26H2,1-2H3,(H,28,33). The van der Waals surface area contributed by atoms with Crippen LogP contribution >= 0.6 is 0 Å². The molecule has 1 aromatic rings. The maximum Gasteiger partial charge on any atom is 0.328 e. The molecule has 12 heteroatoms. The summed E-state index contributed by atoms with van der Waals surface area (Å²) in [7, 11) is 0. The monoisotopic (exact) mass is 513 g/mol. The molecule has 12 nitrogen and oxygen atoms in total. The van der Waals surface area contributed by atoms with Gasteiger partial charge in [-0.15, -0.1) is 0 Å². The second-order valence-electron chi connectivity index (χ2n) is 8.26. The number of esters is 2. The molecule has 2 heterocycles. The lowest BCUT2D eigenvalue weighted by molar-refractivity contribution is -0.146. The summed E-state index contributed by atoms with van der Waals surface area (Å²) in [4.78, 5) is 45.0. The number of nitrogens with two attached hydrogens (primary N) is 1. The number of hydrogen-bond acceptors (Lipinski definition) is 10. The van der Waals surface area contributed by atoms with Gasteiger partial charge in [-0.2, -0.15) is 0 Å². The molecule has 1 amide bonds. The molecule has 0 saturated carbocycles. The van der Waals surface area contributed by atoms with Crippen molar-refractivity contribution in [2.45, 2.75) is 45.2 Å². The summed E-state index contributed by atoms with van der Waals surface area (Å²) in [6, 6.07) is 7.00. The SMILES string of the molecule is CCOC(=O)CCC(NC(=O)c1ccc(C(CO)Cn2cnc3nc(N)cc-3c2O)cc1)C(=O)OCC. The molecule has 1 aromatic carbocycles. The van der Waals surface area contributed by atoms with Crippen LogP contribution in [-0.4, -0.2) is 68.5 Å². The maximum atomic E-state index is 12.8. The highest BCUT2D eigenvalue weighted by atomic mass is 16.5. The predicted molar refractivity (Wildman–Crippen MR) is 133 cm³/mol. The number of aromatic nitrogens is 3. The van der Waals surface area contributed by atoms with Crippen LogP contribution < -0.4 is 11.1 Å². The van der Waals surface area contributed by atoms with Crippen molar-refractivity contribution in [3.05, 3.63) is 47.8 Å². The number of rotatable bonds is 12. The van der Waals surface area contributed by atoms with E-state index in [1.807, 2.05) is 0 Å². The number of aromatic hydroxyl groups is 1. The summed E-state index contributed by atoms with van der Waals surface area (Å²) in [5.41, 5.74) is 7.08. The van der Waals surface area contributed by atoms with Crippen molar-refractivity contribution < 1.29 is 34.1 Å². The van der Waals surface area contributed by atoms with Crippen molar-refractivity contribution in [1.82, 2.24) is 19.9 Å². The largest absolute Gasteiger partial charge is 0.494 e. The molecular weight excluding hydrogens is 482 g/mol. The van der Waals surface area contributed by atoms with Gasteiger partial charge in [-0.25, -0.2) is 14.8 Å². The van der Waals surface area contributed by atoms with Crippen LogP contribution in [0.4, 0.5) is 5.82 Å².